The molecule has 0 amide bonds. The number of aromatic nitrogens is 1. The summed E-state index contributed by atoms with van der Waals surface area (Å²) in [6.07, 6.45) is 1.30. The molecule has 7 nitrogen and oxygen atoms in total. The van der Waals surface area contributed by atoms with Crippen LogP contribution < -0.4 is 4.72 Å². The third-order valence-electron chi connectivity index (χ3n) is 2.33. The Morgan fingerprint density at radius 1 is 1.20 bits per heavy atom. The average Bonchev–Trinajstić information content (AvgIpc) is 2.41. The van der Waals surface area contributed by atoms with Gasteiger partial charge in [-0.2, -0.15) is 0 Å². The Hall–Kier alpha value is -2.00. The van der Waals surface area contributed by atoms with Gasteiger partial charge in [-0.05, 0) is 34.1 Å². The number of benzene rings is 1. The SMILES string of the molecule is O=[N+]([O-])c1ccccc1S(=O)(=O)Nc1ccc(Br)nc1. The highest BCUT2D eigenvalue weighted by Gasteiger charge is 2.25. The van der Waals surface area contributed by atoms with Crippen molar-refractivity contribution in [1.29, 1.82) is 0 Å². The van der Waals surface area contributed by atoms with E-state index in [9.17, 15) is 18.5 Å². The molecular weight excluding hydrogens is 350 g/mol. The topological polar surface area (TPSA) is 102 Å². The summed E-state index contributed by atoms with van der Waals surface area (Å²) >= 11 is 3.12. The minimum absolute atomic E-state index is 0.214. The number of halogens is 1. The standard InChI is InChI=1S/C11H8BrN3O4S/c12-11-6-5-8(7-13-11)14-20(18,19)10-4-2-1-3-9(10)15(16)17/h1-7,14H. The average molecular weight is 358 g/mol. The van der Waals surface area contributed by atoms with Crippen LogP contribution in [0.1, 0.15) is 0 Å². The summed E-state index contributed by atoms with van der Waals surface area (Å²) in [6, 6.07) is 8.17. The second kappa shape index (κ2) is 5.55. The smallest absolute Gasteiger partial charge is 0.278 e. The van der Waals surface area contributed by atoms with Gasteiger partial charge in [0.2, 0.25) is 0 Å². The minimum Gasteiger partial charge on any atom is -0.278 e. The van der Waals surface area contributed by atoms with Gasteiger partial charge in [0.25, 0.3) is 15.7 Å². The lowest BCUT2D eigenvalue weighted by Gasteiger charge is -2.07. The zero-order valence-corrected chi connectivity index (χ0v) is 12.3. The summed E-state index contributed by atoms with van der Waals surface area (Å²) in [5, 5.41) is 10.9. The van der Waals surface area contributed by atoms with Gasteiger partial charge in [-0.25, -0.2) is 13.4 Å². The van der Waals surface area contributed by atoms with Crippen LogP contribution in [0.25, 0.3) is 0 Å². The molecule has 0 bridgehead atoms. The molecule has 0 aliphatic heterocycles. The Morgan fingerprint density at radius 2 is 1.90 bits per heavy atom. The van der Waals surface area contributed by atoms with Crippen LogP contribution in [0.15, 0.2) is 52.1 Å². The van der Waals surface area contributed by atoms with Gasteiger partial charge in [0.1, 0.15) is 4.60 Å². The van der Waals surface area contributed by atoms with E-state index in [1.54, 1.807) is 6.07 Å². The van der Waals surface area contributed by atoms with E-state index in [4.69, 9.17) is 0 Å². The summed E-state index contributed by atoms with van der Waals surface area (Å²) in [7, 11) is -4.05. The number of nitro groups is 1. The summed E-state index contributed by atoms with van der Waals surface area (Å²) in [6.45, 7) is 0. The molecule has 2 aromatic rings. The highest BCUT2D eigenvalue weighted by molar-refractivity contribution is 9.10. The van der Waals surface area contributed by atoms with Crippen molar-refractivity contribution in [2.24, 2.45) is 0 Å². The number of para-hydroxylation sites is 1. The predicted molar refractivity (Wildman–Crippen MR) is 75.8 cm³/mol. The number of rotatable bonds is 4. The van der Waals surface area contributed by atoms with E-state index >= 15 is 0 Å². The lowest BCUT2D eigenvalue weighted by atomic mass is 10.3. The van der Waals surface area contributed by atoms with Gasteiger partial charge in [-0.15, -0.1) is 0 Å². The van der Waals surface area contributed by atoms with Crippen LogP contribution in [0, 0.1) is 10.1 Å². The third-order valence-corrected chi connectivity index (χ3v) is 4.23. The molecule has 1 heterocycles. The molecule has 0 saturated heterocycles. The maximum Gasteiger partial charge on any atom is 0.289 e. The highest BCUT2D eigenvalue weighted by atomic mass is 79.9. The number of hydrogen-bond donors (Lipinski definition) is 1. The van der Waals surface area contributed by atoms with Gasteiger partial charge in [0.05, 0.1) is 16.8 Å². The molecule has 2 rings (SSSR count). The lowest BCUT2D eigenvalue weighted by Crippen LogP contribution is -2.14. The van der Waals surface area contributed by atoms with Crippen molar-refractivity contribution >= 4 is 37.3 Å². The van der Waals surface area contributed by atoms with E-state index in [1.807, 2.05) is 0 Å². The van der Waals surface area contributed by atoms with Crippen LogP contribution in [-0.4, -0.2) is 18.3 Å². The zero-order chi connectivity index (χ0) is 14.8. The van der Waals surface area contributed by atoms with E-state index < -0.39 is 25.5 Å². The van der Waals surface area contributed by atoms with Crippen molar-refractivity contribution in [3.05, 3.63) is 57.3 Å². The van der Waals surface area contributed by atoms with Crippen molar-refractivity contribution in [1.82, 2.24) is 4.98 Å². The number of nitrogens with zero attached hydrogens (tertiary/aromatic N) is 2. The minimum atomic E-state index is -4.05. The van der Waals surface area contributed by atoms with Gasteiger partial charge in [0.15, 0.2) is 4.90 Å². The maximum absolute atomic E-state index is 12.2. The fourth-order valence-electron chi connectivity index (χ4n) is 1.48. The van der Waals surface area contributed by atoms with E-state index in [-0.39, 0.29) is 5.69 Å². The van der Waals surface area contributed by atoms with Gasteiger partial charge >= 0.3 is 0 Å². The monoisotopic (exact) mass is 357 g/mol. The molecule has 0 saturated carbocycles. The summed E-state index contributed by atoms with van der Waals surface area (Å²) < 4.78 is 27.1. The highest BCUT2D eigenvalue weighted by Crippen LogP contribution is 2.25. The van der Waals surface area contributed by atoms with Crippen LogP contribution in [0.5, 0.6) is 0 Å². The summed E-state index contributed by atoms with van der Waals surface area (Å²) in [5.74, 6) is 0. The molecule has 0 radical (unpaired) electrons. The number of nitrogens with one attached hydrogen (secondary N) is 1. The Morgan fingerprint density at radius 3 is 2.50 bits per heavy atom. The molecule has 0 spiro atoms. The maximum atomic E-state index is 12.2. The van der Waals surface area contributed by atoms with Crippen LogP contribution in [0.3, 0.4) is 0 Å². The zero-order valence-electron chi connectivity index (χ0n) is 9.86. The predicted octanol–water partition coefficient (Wildman–Crippen LogP) is 2.55. The van der Waals surface area contributed by atoms with Crippen molar-refractivity contribution in [2.45, 2.75) is 4.90 Å². The first-order valence-electron chi connectivity index (χ1n) is 5.28. The van der Waals surface area contributed by atoms with Crippen LogP contribution >= 0.6 is 15.9 Å². The van der Waals surface area contributed by atoms with Crippen LogP contribution in [0.2, 0.25) is 0 Å². The van der Waals surface area contributed by atoms with E-state index in [2.05, 4.69) is 25.6 Å². The first-order chi connectivity index (χ1) is 9.40. The molecule has 1 aromatic carbocycles. The molecule has 1 N–H and O–H groups in total. The molecule has 0 atom stereocenters. The molecule has 1 aromatic heterocycles. The van der Waals surface area contributed by atoms with Crippen molar-refractivity contribution in [3.8, 4) is 0 Å². The third kappa shape index (κ3) is 3.11. The number of hydrogen-bond acceptors (Lipinski definition) is 5. The van der Waals surface area contributed by atoms with Crippen molar-refractivity contribution < 1.29 is 13.3 Å². The number of anilines is 1. The Bertz CT molecular complexity index is 747. The van der Waals surface area contributed by atoms with Gasteiger partial charge in [0, 0.05) is 6.07 Å². The second-order valence-corrected chi connectivity index (χ2v) is 6.16. The first kappa shape index (κ1) is 14.4. The molecular formula is C11H8BrN3O4S. The second-order valence-electron chi connectivity index (χ2n) is 3.70. The van der Waals surface area contributed by atoms with Crippen LogP contribution in [-0.2, 0) is 10.0 Å². The Balaban J connectivity index is 2.41. The lowest BCUT2D eigenvalue weighted by molar-refractivity contribution is -0.387. The van der Waals surface area contributed by atoms with E-state index in [1.165, 1.54) is 30.5 Å². The molecule has 0 unspecified atom stereocenters. The summed E-state index contributed by atoms with van der Waals surface area (Å²) in [4.78, 5) is 13.6. The van der Waals surface area contributed by atoms with Crippen molar-refractivity contribution in [2.75, 3.05) is 4.72 Å². The fourth-order valence-corrected chi connectivity index (χ4v) is 2.93. The molecule has 0 aliphatic carbocycles. The molecule has 20 heavy (non-hydrogen) atoms. The fraction of sp³-hybridized carbons (Fsp3) is 0. The molecule has 104 valence electrons. The van der Waals surface area contributed by atoms with E-state index in [0.717, 1.165) is 6.07 Å². The molecule has 0 aliphatic rings. The quantitative estimate of drug-likeness (QED) is 0.514. The Labute approximate surface area is 123 Å². The van der Waals surface area contributed by atoms with Gasteiger partial charge in [-0.1, -0.05) is 12.1 Å². The first-order valence-corrected chi connectivity index (χ1v) is 7.55. The molecule has 9 heteroatoms. The number of sulfonamides is 1. The Kier molecular flexibility index (Phi) is 4.00. The van der Waals surface area contributed by atoms with Gasteiger partial charge < -0.3 is 0 Å². The van der Waals surface area contributed by atoms with Crippen LogP contribution in [0.4, 0.5) is 11.4 Å². The summed E-state index contributed by atoms with van der Waals surface area (Å²) in [5.41, 5.74) is -0.267. The van der Waals surface area contributed by atoms with Gasteiger partial charge in [-0.3, -0.25) is 14.8 Å². The number of nitro benzene ring substituents is 1. The van der Waals surface area contributed by atoms with Crippen molar-refractivity contribution in [3.63, 3.8) is 0 Å². The largest absolute Gasteiger partial charge is 0.289 e. The van der Waals surface area contributed by atoms with E-state index in [0.29, 0.717) is 4.60 Å². The molecule has 0 fully saturated rings. The normalized spacial score (nSPS) is 11.1. The number of pyridine rings is 1.